The van der Waals surface area contributed by atoms with Crippen LogP contribution in [0, 0.1) is 0 Å². The number of rotatable bonds is 5. The molecule has 2 heterocycles. The minimum Gasteiger partial charge on any atom is -0.376 e. The summed E-state index contributed by atoms with van der Waals surface area (Å²) in [6, 6.07) is 10.3. The zero-order valence-electron chi connectivity index (χ0n) is 18.6. The van der Waals surface area contributed by atoms with Gasteiger partial charge in [0.15, 0.2) is 0 Å². The van der Waals surface area contributed by atoms with Crippen LogP contribution in [0.2, 0.25) is 0 Å². The Morgan fingerprint density at radius 2 is 2.00 bits per heavy atom. The van der Waals surface area contributed by atoms with Crippen molar-refractivity contribution in [2.24, 2.45) is 0 Å². The normalized spacial score (nSPS) is 33.4. The second-order valence-electron chi connectivity index (χ2n) is 9.23. The first-order valence-corrected chi connectivity index (χ1v) is 11.6. The van der Waals surface area contributed by atoms with E-state index in [0.717, 1.165) is 25.7 Å². The molecule has 1 aliphatic carbocycles. The van der Waals surface area contributed by atoms with E-state index in [9.17, 15) is 9.59 Å². The smallest absolute Gasteiger partial charge is 0.318 e. The fraction of sp³-hybridized carbons (Fsp3) is 0.667. The fourth-order valence-electron chi connectivity index (χ4n) is 5.64. The summed E-state index contributed by atoms with van der Waals surface area (Å²) in [7, 11) is 0. The quantitative estimate of drug-likeness (QED) is 0.754. The molecule has 0 bridgehead atoms. The molecule has 2 saturated heterocycles. The topological polar surface area (TPSA) is 79.9 Å². The molecule has 0 unspecified atom stereocenters. The first kappa shape index (κ1) is 22.1. The number of amides is 3. The van der Waals surface area contributed by atoms with Crippen LogP contribution in [0.15, 0.2) is 30.3 Å². The molecule has 7 heteroatoms. The van der Waals surface area contributed by atoms with Gasteiger partial charge >= 0.3 is 6.03 Å². The summed E-state index contributed by atoms with van der Waals surface area (Å²) in [5.74, 6) is 0.473. The Balaban J connectivity index is 1.41. The van der Waals surface area contributed by atoms with Crippen molar-refractivity contribution in [1.82, 2.24) is 15.5 Å². The maximum absolute atomic E-state index is 12.8. The fourth-order valence-corrected chi connectivity index (χ4v) is 5.64. The van der Waals surface area contributed by atoms with Gasteiger partial charge in [-0.3, -0.25) is 4.79 Å². The van der Waals surface area contributed by atoms with Crippen molar-refractivity contribution in [3.8, 4) is 0 Å². The van der Waals surface area contributed by atoms with Crippen LogP contribution in [-0.2, 0) is 14.3 Å². The predicted molar refractivity (Wildman–Crippen MR) is 118 cm³/mol. The van der Waals surface area contributed by atoms with Crippen LogP contribution in [-0.4, -0.2) is 66.9 Å². The number of ether oxygens (including phenoxy) is 2. The maximum atomic E-state index is 12.8. The molecule has 0 radical (unpaired) electrons. The van der Waals surface area contributed by atoms with Crippen LogP contribution in [0.5, 0.6) is 0 Å². The van der Waals surface area contributed by atoms with Gasteiger partial charge in [-0.15, -0.1) is 0 Å². The molecule has 4 rings (SSSR count). The molecule has 7 nitrogen and oxygen atoms in total. The average molecular weight is 430 g/mol. The number of hydrogen-bond acceptors (Lipinski definition) is 4. The van der Waals surface area contributed by atoms with Crippen molar-refractivity contribution >= 4 is 11.9 Å². The van der Waals surface area contributed by atoms with E-state index in [0.29, 0.717) is 32.1 Å². The van der Waals surface area contributed by atoms with E-state index in [1.165, 1.54) is 5.56 Å². The molecule has 2 aliphatic heterocycles. The van der Waals surface area contributed by atoms with E-state index < -0.39 is 5.54 Å². The molecule has 3 aliphatic rings. The third-order valence-electron chi connectivity index (χ3n) is 7.09. The monoisotopic (exact) mass is 429 g/mol. The standard InChI is InChI=1S/C24H35N3O4/c1-3-25-23(29)27-17(2)13-24(16-30-15-22(28)26-24)21(27)14-31-20-11-9-19(10-12-20)18-7-5-4-6-8-18/h4-8,17,19-21H,3,9-16H2,1-2H3,(H,25,29)(H,26,28)/t17-,19?,20?,21+,24-/m1/s1. The van der Waals surface area contributed by atoms with Crippen LogP contribution >= 0.6 is 0 Å². The summed E-state index contributed by atoms with van der Waals surface area (Å²) in [5.41, 5.74) is 0.829. The number of likely N-dealkylation sites (tertiary alicyclic amines) is 1. The highest BCUT2D eigenvalue weighted by atomic mass is 16.5. The van der Waals surface area contributed by atoms with E-state index in [1.807, 2.05) is 18.7 Å². The van der Waals surface area contributed by atoms with Crippen molar-refractivity contribution in [3.05, 3.63) is 35.9 Å². The summed E-state index contributed by atoms with van der Waals surface area (Å²) in [6.07, 6.45) is 5.10. The van der Waals surface area contributed by atoms with E-state index in [2.05, 4.69) is 41.0 Å². The van der Waals surface area contributed by atoms with Crippen molar-refractivity contribution in [2.45, 2.75) is 75.6 Å². The van der Waals surface area contributed by atoms with Crippen molar-refractivity contribution < 1.29 is 19.1 Å². The summed E-state index contributed by atoms with van der Waals surface area (Å²) in [6.45, 7) is 5.41. The minimum atomic E-state index is -0.582. The highest BCUT2D eigenvalue weighted by Gasteiger charge is 2.55. The number of nitrogens with one attached hydrogen (secondary N) is 2. The Labute approximate surface area is 184 Å². The van der Waals surface area contributed by atoms with Crippen LogP contribution < -0.4 is 10.6 Å². The highest BCUT2D eigenvalue weighted by Crippen LogP contribution is 2.38. The molecule has 3 atom stereocenters. The van der Waals surface area contributed by atoms with Gasteiger partial charge < -0.3 is 25.0 Å². The van der Waals surface area contributed by atoms with Gasteiger partial charge in [-0.05, 0) is 57.4 Å². The number of urea groups is 1. The van der Waals surface area contributed by atoms with Crippen molar-refractivity contribution in [2.75, 3.05) is 26.4 Å². The molecule has 1 aromatic carbocycles. The third-order valence-corrected chi connectivity index (χ3v) is 7.09. The SMILES string of the molecule is CCNC(=O)N1[C@H](C)C[C@@]2(COCC(=O)N2)[C@@H]1COC1CCC(c2ccccc2)CC1. The maximum Gasteiger partial charge on any atom is 0.318 e. The van der Waals surface area contributed by atoms with Crippen LogP contribution in [0.3, 0.4) is 0 Å². The lowest BCUT2D eigenvalue weighted by Crippen LogP contribution is -2.65. The zero-order valence-corrected chi connectivity index (χ0v) is 18.6. The van der Waals surface area contributed by atoms with Gasteiger partial charge in [0.1, 0.15) is 6.61 Å². The Morgan fingerprint density at radius 3 is 2.68 bits per heavy atom. The molecule has 31 heavy (non-hydrogen) atoms. The Morgan fingerprint density at radius 1 is 1.26 bits per heavy atom. The lowest BCUT2D eigenvalue weighted by molar-refractivity contribution is -0.137. The minimum absolute atomic E-state index is 0.00373. The van der Waals surface area contributed by atoms with Gasteiger partial charge in [0, 0.05) is 12.6 Å². The van der Waals surface area contributed by atoms with E-state index in [-0.39, 0.29) is 36.7 Å². The molecule has 1 spiro atoms. The lowest BCUT2D eigenvalue weighted by atomic mass is 9.82. The molecule has 3 fully saturated rings. The van der Waals surface area contributed by atoms with Gasteiger partial charge in [-0.1, -0.05) is 30.3 Å². The predicted octanol–water partition coefficient (Wildman–Crippen LogP) is 2.81. The Bertz CT molecular complexity index is 765. The number of benzene rings is 1. The summed E-state index contributed by atoms with van der Waals surface area (Å²) in [4.78, 5) is 26.8. The molecule has 1 saturated carbocycles. The Hall–Kier alpha value is -2.12. The van der Waals surface area contributed by atoms with Crippen LogP contribution in [0.4, 0.5) is 4.79 Å². The molecular formula is C24H35N3O4. The first-order chi connectivity index (χ1) is 15.0. The number of carbonyl (C=O) groups excluding carboxylic acids is 2. The molecule has 3 amide bonds. The van der Waals surface area contributed by atoms with Gasteiger partial charge in [0.2, 0.25) is 5.91 Å². The van der Waals surface area contributed by atoms with Crippen molar-refractivity contribution in [1.29, 1.82) is 0 Å². The number of carbonyl (C=O) groups is 2. The third kappa shape index (κ3) is 4.72. The van der Waals surface area contributed by atoms with Crippen LogP contribution in [0.1, 0.15) is 57.4 Å². The average Bonchev–Trinajstić information content (AvgIpc) is 3.03. The summed E-state index contributed by atoms with van der Waals surface area (Å²) in [5, 5.41) is 6.07. The second kappa shape index (κ2) is 9.57. The van der Waals surface area contributed by atoms with Crippen LogP contribution in [0.25, 0.3) is 0 Å². The second-order valence-corrected chi connectivity index (χ2v) is 9.23. The zero-order chi connectivity index (χ0) is 21.8. The highest BCUT2D eigenvalue weighted by molar-refractivity contribution is 5.80. The van der Waals surface area contributed by atoms with E-state index in [4.69, 9.17) is 9.47 Å². The van der Waals surface area contributed by atoms with Gasteiger partial charge in [0.25, 0.3) is 0 Å². The molecule has 170 valence electrons. The lowest BCUT2D eigenvalue weighted by Gasteiger charge is -2.41. The molecular weight excluding hydrogens is 394 g/mol. The first-order valence-electron chi connectivity index (χ1n) is 11.6. The molecule has 1 aromatic rings. The van der Waals surface area contributed by atoms with Gasteiger partial charge in [-0.2, -0.15) is 0 Å². The molecule has 0 aromatic heterocycles. The number of morpholine rings is 1. The number of hydrogen-bond donors (Lipinski definition) is 2. The van der Waals surface area contributed by atoms with E-state index in [1.54, 1.807) is 0 Å². The summed E-state index contributed by atoms with van der Waals surface area (Å²) >= 11 is 0. The van der Waals surface area contributed by atoms with Gasteiger partial charge in [0.05, 0.1) is 30.9 Å². The van der Waals surface area contributed by atoms with Crippen molar-refractivity contribution in [3.63, 3.8) is 0 Å². The van der Waals surface area contributed by atoms with Gasteiger partial charge in [-0.25, -0.2) is 4.79 Å². The summed E-state index contributed by atoms with van der Waals surface area (Å²) < 4.78 is 12.0. The van der Waals surface area contributed by atoms with E-state index >= 15 is 0 Å². The molecule has 2 N–H and O–H groups in total. The Kier molecular flexibility index (Phi) is 6.82. The number of nitrogens with zero attached hydrogens (tertiary/aromatic N) is 1. The largest absolute Gasteiger partial charge is 0.376 e.